The molecule has 1 aromatic carbocycles. The molecule has 0 saturated carbocycles. The number of amidine groups is 1. The predicted octanol–water partition coefficient (Wildman–Crippen LogP) is 3.02. The van der Waals surface area contributed by atoms with Gasteiger partial charge in [-0.3, -0.25) is 5.32 Å². The van der Waals surface area contributed by atoms with Crippen LogP contribution in [0.15, 0.2) is 29.3 Å². The van der Waals surface area contributed by atoms with Crippen molar-refractivity contribution in [1.29, 1.82) is 5.26 Å². The van der Waals surface area contributed by atoms with E-state index in [0.717, 1.165) is 17.6 Å². The SMILES string of the molecule is COCCn1c(C)cc2cc(N=C(NC#N)SC)ccc21. The third-order valence-corrected chi connectivity index (χ3v) is 3.78. The summed E-state index contributed by atoms with van der Waals surface area (Å²) in [6.07, 6.45) is 3.77. The van der Waals surface area contributed by atoms with Crippen molar-refractivity contribution in [2.24, 2.45) is 4.99 Å². The second-order valence-corrected chi connectivity index (χ2v) is 5.33. The van der Waals surface area contributed by atoms with Gasteiger partial charge in [-0.15, -0.1) is 0 Å². The van der Waals surface area contributed by atoms with E-state index < -0.39 is 0 Å². The highest BCUT2D eigenvalue weighted by molar-refractivity contribution is 8.13. The Kier molecular flexibility index (Phi) is 5.26. The summed E-state index contributed by atoms with van der Waals surface area (Å²) < 4.78 is 7.38. The van der Waals surface area contributed by atoms with Gasteiger partial charge in [0.1, 0.15) is 0 Å². The summed E-state index contributed by atoms with van der Waals surface area (Å²) in [5.74, 6) is 0. The van der Waals surface area contributed by atoms with Gasteiger partial charge in [0, 0.05) is 30.3 Å². The number of ether oxygens (including phenoxy) is 1. The Labute approximate surface area is 128 Å². The summed E-state index contributed by atoms with van der Waals surface area (Å²) in [6.45, 7) is 3.61. The maximum atomic E-state index is 8.67. The number of hydrogen-bond acceptors (Lipinski definition) is 4. The van der Waals surface area contributed by atoms with E-state index in [2.05, 4.69) is 33.9 Å². The lowest BCUT2D eigenvalue weighted by molar-refractivity contribution is 0.188. The maximum absolute atomic E-state index is 8.67. The highest BCUT2D eigenvalue weighted by atomic mass is 32.2. The number of nitriles is 1. The van der Waals surface area contributed by atoms with Gasteiger partial charge in [-0.25, -0.2) is 4.99 Å². The predicted molar refractivity (Wildman–Crippen MR) is 87.9 cm³/mol. The van der Waals surface area contributed by atoms with Gasteiger partial charge in [0.25, 0.3) is 0 Å². The molecule has 0 unspecified atom stereocenters. The molecule has 1 aromatic heterocycles. The third-order valence-electron chi connectivity index (χ3n) is 3.20. The Hall–Kier alpha value is -1.97. The number of nitrogens with zero attached hydrogens (tertiary/aromatic N) is 3. The highest BCUT2D eigenvalue weighted by Gasteiger charge is 2.06. The summed E-state index contributed by atoms with van der Waals surface area (Å²) in [4.78, 5) is 4.43. The number of aryl methyl sites for hydroxylation is 1. The number of aromatic nitrogens is 1. The van der Waals surface area contributed by atoms with Crippen LogP contribution in [-0.2, 0) is 11.3 Å². The molecule has 1 N–H and O–H groups in total. The van der Waals surface area contributed by atoms with Crippen molar-refractivity contribution in [1.82, 2.24) is 9.88 Å². The van der Waals surface area contributed by atoms with E-state index in [4.69, 9.17) is 10.00 Å². The molecule has 0 radical (unpaired) electrons. The van der Waals surface area contributed by atoms with Crippen molar-refractivity contribution in [3.63, 3.8) is 0 Å². The van der Waals surface area contributed by atoms with Crippen LogP contribution in [0.2, 0.25) is 0 Å². The summed E-state index contributed by atoms with van der Waals surface area (Å²) in [5, 5.41) is 13.0. The molecular weight excluding hydrogens is 284 g/mol. The van der Waals surface area contributed by atoms with E-state index in [1.807, 2.05) is 24.6 Å². The van der Waals surface area contributed by atoms with Crippen LogP contribution in [0.5, 0.6) is 0 Å². The van der Waals surface area contributed by atoms with E-state index in [1.54, 1.807) is 7.11 Å². The molecule has 110 valence electrons. The van der Waals surface area contributed by atoms with Gasteiger partial charge in [0.15, 0.2) is 11.4 Å². The number of nitrogens with one attached hydrogen (secondary N) is 1. The molecule has 0 amide bonds. The minimum atomic E-state index is 0.590. The zero-order chi connectivity index (χ0) is 15.2. The van der Waals surface area contributed by atoms with Gasteiger partial charge < -0.3 is 9.30 Å². The van der Waals surface area contributed by atoms with E-state index in [9.17, 15) is 0 Å². The molecule has 2 aromatic rings. The summed E-state index contributed by atoms with van der Waals surface area (Å²) in [6, 6.07) is 8.18. The molecule has 0 fully saturated rings. The summed E-state index contributed by atoms with van der Waals surface area (Å²) in [5.41, 5.74) is 3.20. The first-order chi connectivity index (χ1) is 10.2. The van der Waals surface area contributed by atoms with Crippen LogP contribution in [0.1, 0.15) is 5.69 Å². The lowest BCUT2D eigenvalue weighted by Crippen LogP contribution is -2.12. The fourth-order valence-corrected chi connectivity index (χ4v) is 2.58. The van der Waals surface area contributed by atoms with E-state index in [-0.39, 0.29) is 0 Å². The van der Waals surface area contributed by atoms with Crippen LogP contribution in [-0.4, -0.2) is 29.7 Å². The largest absolute Gasteiger partial charge is 0.383 e. The van der Waals surface area contributed by atoms with Gasteiger partial charge in [0.2, 0.25) is 0 Å². The van der Waals surface area contributed by atoms with E-state index >= 15 is 0 Å². The number of benzene rings is 1. The Morgan fingerprint density at radius 3 is 2.95 bits per heavy atom. The van der Waals surface area contributed by atoms with Crippen LogP contribution in [0.4, 0.5) is 5.69 Å². The first-order valence-corrected chi connectivity index (χ1v) is 7.78. The van der Waals surface area contributed by atoms with Crippen molar-refractivity contribution in [2.45, 2.75) is 13.5 Å². The van der Waals surface area contributed by atoms with Gasteiger partial charge in [-0.2, -0.15) is 5.26 Å². The van der Waals surface area contributed by atoms with Crippen LogP contribution in [0, 0.1) is 18.4 Å². The van der Waals surface area contributed by atoms with E-state index in [0.29, 0.717) is 11.8 Å². The molecule has 6 heteroatoms. The zero-order valence-electron chi connectivity index (χ0n) is 12.4. The highest BCUT2D eigenvalue weighted by Crippen LogP contribution is 2.25. The van der Waals surface area contributed by atoms with Crippen LogP contribution in [0.3, 0.4) is 0 Å². The first-order valence-electron chi connectivity index (χ1n) is 6.56. The van der Waals surface area contributed by atoms with Gasteiger partial charge in [0.05, 0.1) is 12.3 Å². The summed E-state index contributed by atoms with van der Waals surface area (Å²) >= 11 is 1.41. The minimum Gasteiger partial charge on any atom is -0.383 e. The lowest BCUT2D eigenvalue weighted by Gasteiger charge is -2.07. The number of hydrogen-bond donors (Lipinski definition) is 1. The quantitative estimate of drug-likeness (QED) is 0.408. The average Bonchev–Trinajstić information content (AvgIpc) is 2.79. The lowest BCUT2D eigenvalue weighted by atomic mass is 10.2. The molecule has 0 aliphatic rings. The van der Waals surface area contributed by atoms with Crippen molar-refractivity contribution in [3.05, 3.63) is 30.0 Å². The molecule has 5 nitrogen and oxygen atoms in total. The number of rotatable bonds is 4. The van der Waals surface area contributed by atoms with Crippen molar-refractivity contribution >= 4 is 33.5 Å². The Morgan fingerprint density at radius 2 is 2.29 bits per heavy atom. The molecule has 0 atom stereocenters. The standard InChI is InChI=1S/C15H18N4OS/c1-11-8-12-9-13(18-15(21-3)17-10-16)4-5-14(12)19(11)6-7-20-2/h4-5,8-9H,6-7H2,1-3H3,(H,17,18). The minimum absolute atomic E-state index is 0.590. The Morgan fingerprint density at radius 1 is 1.48 bits per heavy atom. The van der Waals surface area contributed by atoms with Gasteiger partial charge in [-0.05, 0) is 37.4 Å². The van der Waals surface area contributed by atoms with Crippen LogP contribution in [0.25, 0.3) is 10.9 Å². The van der Waals surface area contributed by atoms with Gasteiger partial charge in [-0.1, -0.05) is 11.8 Å². The maximum Gasteiger partial charge on any atom is 0.183 e. The second-order valence-electron chi connectivity index (χ2n) is 4.53. The van der Waals surface area contributed by atoms with Crippen LogP contribution < -0.4 is 5.32 Å². The Bertz CT molecular complexity index is 699. The summed E-state index contributed by atoms with van der Waals surface area (Å²) in [7, 11) is 1.71. The fourth-order valence-electron chi connectivity index (χ4n) is 2.23. The zero-order valence-corrected chi connectivity index (χ0v) is 13.2. The number of methoxy groups -OCH3 is 1. The normalized spacial score (nSPS) is 11.6. The van der Waals surface area contributed by atoms with Crippen molar-refractivity contribution in [2.75, 3.05) is 20.0 Å². The number of aliphatic imine (C=N–C) groups is 1. The topological polar surface area (TPSA) is 62.3 Å². The molecule has 0 saturated heterocycles. The molecule has 0 spiro atoms. The van der Waals surface area contributed by atoms with Crippen molar-refractivity contribution < 1.29 is 4.74 Å². The number of thioether (sulfide) groups is 1. The molecule has 0 aliphatic carbocycles. The molecule has 21 heavy (non-hydrogen) atoms. The molecule has 0 aliphatic heterocycles. The molecule has 2 rings (SSSR count). The molecule has 0 bridgehead atoms. The Balaban J connectivity index is 2.37. The smallest absolute Gasteiger partial charge is 0.183 e. The monoisotopic (exact) mass is 302 g/mol. The first kappa shape index (κ1) is 15.4. The second kappa shape index (κ2) is 7.16. The van der Waals surface area contributed by atoms with Gasteiger partial charge >= 0.3 is 0 Å². The van der Waals surface area contributed by atoms with Crippen LogP contribution >= 0.6 is 11.8 Å². The number of fused-ring (bicyclic) bond motifs is 1. The fraction of sp³-hybridized carbons (Fsp3) is 0.333. The van der Waals surface area contributed by atoms with Crippen molar-refractivity contribution in [3.8, 4) is 6.19 Å². The molecule has 1 heterocycles. The van der Waals surface area contributed by atoms with E-state index in [1.165, 1.54) is 23.0 Å². The average molecular weight is 302 g/mol. The third kappa shape index (κ3) is 3.57. The molecular formula is C15H18N4OS.